The van der Waals surface area contributed by atoms with Crippen LogP contribution < -0.4 is 5.32 Å². The quantitative estimate of drug-likeness (QED) is 0.780. The van der Waals surface area contributed by atoms with Crippen molar-refractivity contribution in [2.75, 3.05) is 18.4 Å². The van der Waals surface area contributed by atoms with Gasteiger partial charge in [-0.25, -0.2) is 13.1 Å². The SMILES string of the molecule is Cc1ccc(C(=O)Nc2ccnn2C(C)C2CC2)cc1S(=O)(=O)N1CCCCC1. The molecule has 1 aliphatic heterocycles. The first-order valence-corrected chi connectivity index (χ1v) is 11.8. The normalized spacial score (nSPS) is 19.1. The van der Waals surface area contributed by atoms with Gasteiger partial charge >= 0.3 is 0 Å². The van der Waals surface area contributed by atoms with Gasteiger partial charge in [0.1, 0.15) is 5.82 Å². The maximum Gasteiger partial charge on any atom is 0.256 e. The lowest BCUT2D eigenvalue weighted by atomic mass is 10.1. The predicted octanol–water partition coefficient (Wildman–Crippen LogP) is 3.59. The highest BCUT2D eigenvalue weighted by molar-refractivity contribution is 7.89. The van der Waals surface area contributed by atoms with Gasteiger partial charge in [0.15, 0.2) is 0 Å². The minimum atomic E-state index is -3.60. The molecule has 1 unspecified atom stereocenters. The number of sulfonamides is 1. The molecule has 2 aliphatic rings. The second-order valence-electron chi connectivity index (χ2n) is 8.14. The van der Waals surface area contributed by atoms with E-state index in [0.717, 1.165) is 19.3 Å². The first-order valence-electron chi connectivity index (χ1n) is 10.3. The van der Waals surface area contributed by atoms with E-state index in [1.54, 1.807) is 31.3 Å². The maximum absolute atomic E-state index is 13.1. The summed E-state index contributed by atoms with van der Waals surface area (Å²) in [7, 11) is -3.60. The minimum Gasteiger partial charge on any atom is -0.307 e. The molecular weight excluding hydrogens is 388 g/mol. The molecule has 4 rings (SSSR count). The van der Waals surface area contributed by atoms with E-state index in [9.17, 15) is 13.2 Å². The average molecular weight is 417 g/mol. The van der Waals surface area contributed by atoms with E-state index in [1.807, 2.05) is 4.68 Å². The van der Waals surface area contributed by atoms with Gasteiger partial charge in [0.05, 0.1) is 17.1 Å². The van der Waals surface area contributed by atoms with Crippen LogP contribution in [0.15, 0.2) is 35.4 Å². The number of hydrogen-bond donors (Lipinski definition) is 1. The Morgan fingerprint density at radius 2 is 1.90 bits per heavy atom. The molecule has 2 aromatic rings. The number of benzene rings is 1. The molecule has 2 fully saturated rings. The Labute approximate surface area is 172 Å². The molecule has 1 aromatic carbocycles. The van der Waals surface area contributed by atoms with Crippen molar-refractivity contribution in [3.05, 3.63) is 41.6 Å². The molecule has 1 saturated carbocycles. The molecule has 1 amide bonds. The van der Waals surface area contributed by atoms with Crippen molar-refractivity contribution < 1.29 is 13.2 Å². The molecule has 0 radical (unpaired) electrons. The van der Waals surface area contributed by atoms with E-state index < -0.39 is 10.0 Å². The Morgan fingerprint density at radius 3 is 2.59 bits per heavy atom. The summed E-state index contributed by atoms with van der Waals surface area (Å²) in [5, 5.41) is 7.26. The van der Waals surface area contributed by atoms with Gasteiger partial charge in [-0.1, -0.05) is 12.5 Å². The molecule has 1 aliphatic carbocycles. The number of nitrogens with one attached hydrogen (secondary N) is 1. The van der Waals surface area contributed by atoms with Crippen molar-refractivity contribution in [3.63, 3.8) is 0 Å². The number of piperidine rings is 1. The van der Waals surface area contributed by atoms with Crippen molar-refractivity contribution in [2.45, 2.75) is 56.9 Å². The van der Waals surface area contributed by atoms with Gasteiger partial charge in [-0.2, -0.15) is 9.40 Å². The van der Waals surface area contributed by atoms with Crippen molar-refractivity contribution in [1.82, 2.24) is 14.1 Å². The van der Waals surface area contributed by atoms with Crippen LogP contribution >= 0.6 is 0 Å². The number of hydrogen-bond acceptors (Lipinski definition) is 4. The molecular formula is C21H28N4O3S. The van der Waals surface area contributed by atoms with Crippen molar-refractivity contribution in [3.8, 4) is 0 Å². The lowest BCUT2D eigenvalue weighted by Crippen LogP contribution is -2.36. The number of rotatable bonds is 6. The third kappa shape index (κ3) is 4.09. The third-order valence-corrected chi connectivity index (χ3v) is 8.03. The molecule has 29 heavy (non-hydrogen) atoms. The predicted molar refractivity (Wildman–Crippen MR) is 111 cm³/mol. The van der Waals surface area contributed by atoms with Crippen molar-refractivity contribution in [1.29, 1.82) is 0 Å². The Morgan fingerprint density at radius 1 is 1.17 bits per heavy atom. The van der Waals surface area contributed by atoms with Gasteiger partial charge in [-0.05, 0) is 63.1 Å². The molecule has 7 nitrogen and oxygen atoms in total. The zero-order valence-electron chi connectivity index (χ0n) is 17.0. The van der Waals surface area contributed by atoms with E-state index in [2.05, 4.69) is 17.3 Å². The zero-order valence-corrected chi connectivity index (χ0v) is 17.8. The first kappa shape index (κ1) is 20.1. The number of aryl methyl sites for hydroxylation is 1. The van der Waals surface area contributed by atoms with E-state index in [-0.39, 0.29) is 16.8 Å². The Balaban J connectivity index is 1.57. The number of aromatic nitrogens is 2. The van der Waals surface area contributed by atoms with Crippen LogP contribution in [0, 0.1) is 12.8 Å². The highest BCUT2D eigenvalue weighted by Crippen LogP contribution is 2.40. The summed E-state index contributed by atoms with van der Waals surface area (Å²) in [6.45, 7) is 4.95. The van der Waals surface area contributed by atoms with E-state index in [0.29, 0.717) is 36.0 Å². The second kappa shape index (κ2) is 7.91. The molecule has 1 atom stereocenters. The summed E-state index contributed by atoms with van der Waals surface area (Å²) in [6.07, 6.45) is 6.85. The molecule has 1 N–H and O–H groups in total. The number of anilines is 1. The van der Waals surface area contributed by atoms with Gasteiger partial charge < -0.3 is 5.32 Å². The lowest BCUT2D eigenvalue weighted by Gasteiger charge is -2.26. The van der Waals surface area contributed by atoms with Crippen LogP contribution in [-0.2, 0) is 10.0 Å². The average Bonchev–Trinajstić information content (AvgIpc) is 3.47. The van der Waals surface area contributed by atoms with Gasteiger partial charge in [0, 0.05) is 24.7 Å². The van der Waals surface area contributed by atoms with Crippen LogP contribution in [0.2, 0.25) is 0 Å². The van der Waals surface area contributed by atoms with Gasteiger partial charge in [0.25, 0.3) is 5.91 Å². The largest absolute Gasteiger partial charge is 0.307 e. The number of nitrogens with zero attached hydrogens (tertiary/aromatic N) is 3. The van der Waals surface area contributed by atoms with Crippen molar-refractivity contribution >= 4 is 21.7 Å². The lowest BCUT2D eigenvalue weighted by molar-refractivity contribution is 0.102. The van der Waals surface area contributed by atoms with Gasteiger partial charge in [-0.3, -0.25) is 4.79 Å². The topological polar surface area (TPSA) is 84.3 Å². The van der Waals surface area contributed by atoms with Crippen LogP contribution in [0.1, 0.15) is 61.0 Å². The molecule has 1 aromatic heterocycles. The fourth-order valence-electron chi connectivity index (χ4n) is 3.97. The Bertz CT molecular complexity index is 1000. The summed E-state index contributed by atoms with van der Waals surface area (Å²) in [5.41, 5.74) is 0.984. The van der Waals surface area contributed by atoms with Crippen molar-refractivity contribution in [2.24, 2.45) is 5.92 Å². The van der Waals surface area contributed by atoms with E-state index >= 15 is 0 Å². The fraction of sp³-hybridized carbons (Fsp3) is 0.524. The summed E-state index contributed by atoms with van der Waals surface area (Å²) >= 11 is 0. The molecule has 156 valence electrons. The van der Waals surface area contributed by atoms with Crippen LogP contribution in [0.25, 0.3) is 0 Å². The highest BCUT2D eigenvalue weighted by Gasteiger charge is 2.31. The summed E-state index contributed by atoms with van der Waals surface area (Å²) in [5.74, 6) is 0.909. The number of amides is 1. The molecule has 2 heterocycles. The van der Waals surface area contributed by atoms with E-state index in [1.165, 1.54) is 23.2 Å². The maximum atomic E-state index is 13.1. The van der Waals surface area contributed by atoms with Gasteiger partial charge in [-0.15, -0.1) is 0 Å². The smallest absolute Gasteiger partial charge is 0.256 e. The van der Waals surface area contributed by atoms with Gasteiger partial charge in [0.2, 0.25) is 10.0 Å². The molecule has 1 saturated heterocycles. The van der Waals surface area contributed by atoms with Crippen LogP contribution in [-0.4, -0.2) is 41.5 Å². The minimum absolute atomic E-state index is 0.215. The summed E-state index contributed by atoms with van der Waals surface area (Å²) in [6, 6.07) is 6.88. The standard InChI is InChI=1S/C21H28N4O3S/c1-15-6-7-18(14-19(15)29(27,28)24-12-4-3-5-13-24)21(26)23-20-10-11-22-25(20)16(2)17-8-9-17/h6-7,10-11,14,16-17H,3-5,8-9,12-13H2,1-2H3,(H,23,26). The Kier molecular flexibility index (Phi) is 5.48. The fourth-order valence-corrected chi connectivity index (χ4v) is 5.74. The van der Waals surface area contributed by atoms with Crippen LogP contribution in [0.3, 0.4) is 0 Å². The molecule has 8 heteroatoms. The summed E-state index contributed by atoms with van der Waals surface area (Å²) in [4.78, 5) is 13.1. The molecule has 0 spiro atoms. The second-order valence-corrected chi connectivity index (χ2v) is 10.0. The zero-order chi connectivity index (χ0) is 20.6. The Hall–Kier alpha value is -2.19. The number of carbonyl (C=O) groups is 1. The number of carbonyl (C=O) groups excluding carboxylic acids is 1. The summed E-state index contributed by atoms with van der Waals surface area (Å²) < 4.78 is 29.6. The van der Waals surface area contributed by atoms with Crippen LogP contribution in [0.5, 0.6) is 0 Å². The monoisotopic (exact) mass is 416 g/mol. The molecule has 0 bridgehead atoms. The first-order chi connectivity index (χ1) is 13.9. The third-order valence-electron chi connectivity index (χ3n) is 5.99. The van der Waals surface area contributed by atoms with Crippen LogP contribution in [0.4, 0.5) is 5.82 Å². The highest BCUT2D eigenvalue weighted by atomic mass is 32.2. The van der Waals surface area contributed by atoms with E-state index in [4.69, 9.17) is 0 Å².